The Balaban J connectivity index is 1.77. The number of nitrogens with one attached hydrogen (secondary N) is 4. The van der Waals surface area contributed by atoms with E-state index in [0.29, 0.717) is 17.7 Å². The molecule has 0 fully saturated rings. The summed E-state index contributed by atoms with van der Waals surface area (Å²) in [7, 11) is 0. The standard InChI is InChI=1S/C21H23N5O4/c1-14(2)24-21(29)23-12-15-7-9-16(10-8-15)20(28)26-25-19(27)13-30-18-6-4-3-5-17(18)11-22/h3-10,14H,12-13H2,1-2H3,(H,25,27)(H,26,28)(H2,23,24,29). The molecule has 0 unspecified atom stereocenters. The van der Waals surface area contributed by atoms with Crippen molar-refractivity contribution in [2.24, 2.45) is 0 Å². The van der Waals surface area contributed by atoms with Crippen molar-refractivity contribution in [3.63, 3.8) is 0 Å². The van der Waals surface area contributed by atoms with Crippen molar-refractivity contribution < 1.29 is 19.1 Å². The maximum absolute atomic E-state index is 12.1. The lowest BCUT2D eigenvalue weighted by Crippen LogP contribution is -2.43. The number of nitrogens with zero attached hydrogens (tertiary/aromatic N) is 1. The molecule has 2 rings (SSSR count). The summed E-state index contributed by atoms with van der Waals surface area (Å²) >= 11 is 0. The van der Waals surface area contributed by atoms with Crippen LogP contribution in [0, 0.1) is 11.3 Å². The second kappa shape index (κ2) is 11.1. The Hall–Kier alpha value is -4.06. The smallest absolute Gasteiger partial charge is 0.315 e. The van der Waals surface area contributed by atoms with Crippen LogP contribution >= 0.6 is 0 Å². The van der Waals surface area contributed by atoms with Gasteiger partial charge in [-0.2, -0.15) is 5.26 Å². The highest BCUT2D eigenvalue weighted by atomic mass is 16.5. The number of rotatable bonds is 7. The number of hydrazine groups is 1. The van der Waals surface area contributed by atoms with Gasteiger partial charge in [0.05, 0.1) is 5.56 Å². The van der Waals surface area contributed by atoms with Crippen LogP contribution in [0.2, 0.25) is 0 Å². The summed E-state index contributed by atoms with van der Waals surface area (Å²) in [5.41, 5.74) is 6.01. The Morgan fingerprint density at radius 1 is 1.03 bits per heavy atom. The van der Waals surface area contributed by atoms with E-state index < -0.39 is 11.8 Å². The van der Waals surface area contributed by atoms with Gasteiger partial charge in [0.25, 0.3) is 11.8 Å². The average Bonchev–Trinajstić information content (AvgIpc) is 2.74. The lowest BCUT2D eigenvalue weighted by molar-refractivity contribution is -0.123. The first kappa shape index (κ1) is 22.2. The van der Waals surface area contributed by atoms with Gasteiger partial charge in [-0.3, -0.25) is 20.4 Å². The van der Waals surface area contributed by atoms with Crippen molar-refractivity contribution in [1.82, 2.24) is 21.5 Å². The predicted octanol–water partition coefficient (Wildman–Crippen LogP) is 1.61. The molecule has 30 heavy (non-hydrogen) atoms. The topological polar surface area (TPSA) is 132 Å². The highest BCUT2D eigenvalue weighted by Crippen LogP contribution is 2.16. The molecule has 0 aliphatic heterocycles. The van der Waals surface area contributed by atoms with Gasteiger partial charge in [0, 0.05) is 18.2 Å². The van der Waals surface area contributed by atoms with Gasteiger partial charge in [-0.1, -0.05) is 24.3 Å². The van der Waals surface area contributed by atoms with Gasteiger partial charge in [-0.25, -0.2) is 4.79 Å². The number of hydrogen-bond acceptors (Lipinski definition) is 5. The number of carbonyl (C=O) groups excluding carboxylic acids is 3. The second-order valence-corrected chi connectivity index (χ2v) is 6.58. The first-order valence-electron chi connectivity index (χ1n) is 9.23. The number of nitriles is 1. The number of amides is 4. The van der Waals surface area contributed by atoms with E-state index in [-0.39, 0.29) is 24.4 Å². The molecule has 0 bridgehead atoms. The number of urea groups is 1. The van der Waals surface area contributed by atoms with Gasteiger partial charge in [0.15, 0.2) is 6.61 Å². The Kier molecular flexibility index (Phi) is 8.20. The third-order valence-corrected chi connectivity index (χ3v) is 3.77. The Bertz CT molecular complexity index is 935. The number of ether oxygens (including phenoxy) is 1. The van der Waals surface area contributed by atoms with Gasteiger partial charge in [-0.15, -0.1) is 0 Å². The van der Waals surface area contributed by atoms with Crippen LogP contribution in [0.15, 0.2) is 48.5 Å². The summed E-state index contributed by atoms with van der Waals surface area (Å²) in [4.78, 5) is 35.6. The summed E-state index contributed by atoms with van der Waals surface area (Å²) in [5.74, 6) is -0.793. The Morgan fingerprint density at radius 2 is 1.73 bits per heavy atom. The fourth-order valence-corrected chi connectivity index (χ4v) is 2.33. The zero-order chi connectivity index (χ0) is 21.9. The van der Waals surface area contributed by atoms with E-state index in [1.54, 1.807) is 48.5 Å². The van der Waals surface area contributed by atoms with E-state index in [4.69, 9.17) is 10.00 Å². The third kappa shape index (κ3) is 7.16. The first-order chi connectivity index (χ1) is 14.4. The summed E-state index contributed by atoms with van der Waals surface area (Å²) in [6.07, 6.45) is 0. The molecule has 0 aromatic heterocycles. The molecule has 4 amide bonds. The summed E-state index contributed by atoms with van der Waals surface area (Å²) in [6.45, 7) is 3.69. The van der Waals surface area contributed by atoms with Crippen molar-refractivity contribution in [1.29, 1.82) is 5.26 Å². The number of benzene rings is 2. The molecule has 0 atom stereocenters. The van der Waals surface area contributed by atoms with E-state index in [1.807, 2.05) is 19.9 Å². The SMILES string of the molecule is CC(C)NC(=O)NCc1ccc(C(=O)NNC(=O)COc2ccccc2C#N)cc1. The largest absolute Gasteiger partial charge is 0.482 e. The van der Waals surface area contributed by atoms with Crippen LogP contribution in [0.4, 0.5) is 4.79 Å². The molecule has 156 valence electrons. The van der Waals surface area contributed by atoms with Crippen molar-refractivity contribution in [2.75, 3.05) is 6.61 Å². The fourth-order valence-electron chi connectivity index (χ4n) is 2.33. The highest BCUT2D eigenvalue weighted by molar-refractivity contribution is 5.95. The molecule has 9 heteroatoms. The third-order valence-electron chi connectivity index (χ3n) is 3.77. The normalized spacial score (nSPS) is 9.93. The van der Waals surface area contributed by atoms with Crippen LogP contribution in [0.1, 0.15) is 35.3 Å². The number of hydrogen-bond donors (Lipinski definition) is 4. The van der Waals surface area contributed by atoms with Crippen LogP contribution in [0.3, 0.4) is 0 Å². The van der Waals surface area contributed by atoms with E-state index in [2.05, 4.69) is 21.5 Å². The van der Waals surface area contributed by atoms with E-state index >= 15 is 0 Å². The van der Waals surface area contributed by atoms with Gasteiger partial charge in [0.1, 0.15) is 11.8 Å². The first-order valence-corrected chi connectivity index (χ1v) is 9.23. The van der Waals surface area contributed by atoms with E-state index in [1.165, 1.54) is 0 Å². The lowest BCUT2D eigenvalue weighted by Gasteiger charge is -2.11. The molecule has 0 aliphatic carbocycles. The molecule has 0 saturated carbocycles. The lowest BCUT2D eigenvalue weighted by atomic mass is 10.1. The molecule has 0 heterocycles. The zero-order valence-corrected chi connectivity index (χ0v) is 16.7. The van der Waals surface area contributed by atoms with E-state index in [0.717, 1.165) is 5.56 Å². The molecule has 0 radical (unpaired) electrons. The monoisotopic (exact) mass is 409 g/mol. The molecule has 2 aromatic rings. The van der Waals surface area contributed by atoms with Gasteiger partial charge in [-0.05, 0) is 43.7 Å². The number of para-hydroxylation sites is 1. The van der Waals surface area contributed by atoms with Crippen LogP contribution in [0.5, 0.6) is 5.75 Å². The molecular weight excluding hydrogens is 386 g/mol. The van der Waals surface area contributed by atoms with Crippen molar-refractivity contribution in [3.05, 3.63) is 65.2 Å². The molecular formula is C21H23N5O4. The van der Waals surface area contributed by atoms with Crippen molar-refractivity contribution in [2.45, 2.75) is 26.4 Å². The minimum atomic E-state index is -0.576. The van der Waals surface area contributed by atoms with Crippen molar-refractivity contribution >= 4 is 17.8 Å². The van der Waals surface area contributed by atoms with Gasteiger partial charge >= 0.3 is 6.03 Å². The molecule has 9 nitrogen and oxygen atoms in total. The minimum Gasteiger partial charge on any atom is -0.482 e. The second-order valence-electron chi connectivity index (χ2n) is 6.58. The van der Waals surface area contributed by atoms with Crippen LogP contribution in [0.25, 0.3) is 0 Å². The molecule has 2 aromatic carbocycles. The Morgan fingerprint density at radius 3 is 2.40 bits per heavy atom. The van der Waals surface area contributed by atoms with Crippen LogP contribution < -0.4 is 26.2 Å². The minimum absolute atomic E-state index is 0.0396. The van der Waals surface area contributed by atoms with Crippen LogP contribution in [-0.4, -0.2) is 30.5 Å². The molecule has 0 saturated heterocycles. The van der Waals surface area contributed by atoms with Gasteiger partial charge in [0.2, 0.25) is 0 Å². The molecule has 0 aliphatic rings. The van der Waals surface area contributed by atoms with Gasteiger partial charge < -0.3 is 15.4 Å². The maximum atomic E-state index is 12.1. The fraction of sp³-hybridized carbons (Fsp3) is 0.238. The summed E-state index contributed by atoms with van der Waals surface area (Å²) in [5, 5.41) is 14.4. The zero-order valence-electron chi connectivity index (χ0n) is 16.7. The van der Waals surface area contributed by atoms with E-state index in [9.17, 15) is 14.4 Å². The molecule has 4 N–H and O–H groups in total. The highest BCUT2D eigenvalue weighted by Gasteiger charge is 2.10. The summed E-state index contributed by atoms with van der Waals surface area (Å²) in [6, 6.07) is 14.8. The quantitative estimate of drug-likeness (QED) is 0.516. The molecule has 0 spiro atoms. The van der Waals surface area contributed by atoms with Crippen molar-refractivity contribution in [3.8, 4) is 11.8 Å². The predicted molar refractivity (Wildman–Crippen MR) is 109 cm³/mol. The number of carbonyl (C=O) groups is 3. The summed E-state index contributed by atoms with van der Waals surface area (Å²) < 4.78 is 5.29. The average molecular weight is 409 g/mol. The Labute approximate surface area is 174 Å². The van der Waals surface area contributed by atoms with Crippen LogP contribution in [-0.2, 0) is 11.3 Å². The maximum Gasteiger partial charge on any atom is 0.315 e.